The molecule has 0 bridgehead atoms. The highest BCUT2D eigenvalue weighted by atomic mass is 19.1. The Morgan fingerprint density at radius 2 is 1.63 bits per heavy atom. The topological polar surface area (TPSA) is 42.3 Å². The van der Waals surface area contributed by atoms with Crippen LogP contribution in [0.5, 0.6) is 0 Å². The van der Waals surface area contributed by atoms with Crippen LogP contribution in [0.1, 0.15) is 18.9 Å². The molecular formula is C25H21FN2O2. The van der Waals surface area contributed by atoms with Crippen molar-refractivity contribution in [3.05, 3.63) is 88.3 Å². The van der Waals surface area contributed by atoms with Crippen molar-refractivity contribution in [2.45, 2.75) is 32.4 Å². The van der Waals surface area contributed by atoms with Gasteiger partial charge >= 0.3 is 0 Å². The zero-order valence-electron chi connectivity index (χ0n) is 16.6. The average molecular weight is 400 g/mol. The highest BCUT2D eigenvalue weighted by molar-refractivity contribution is 5.99. The Balaban J connectivity index is 1.65. The minimum Gasteiger partial charge on any atom is -0.331 e. The van der Waals surface area contributed by atoms with E-state index < -0.39 is 0 Å². The van der Waals surface area contributed by atoms with Crippen molar-refractivity contribution < 1.29 is 9.18 Å². The van der Waals surface area contributed by atoms with E-state index in [9.17, 15) is 14.0 Å². The number of para-hydroxylation sites is 2. The zero-order chi connectivity index (χ0) is 20.8. The number of halogens is 1. The van der Waals surface area contributed by atoms with Crippen LogP contribution >= 0.6 is 0 Å². The van der Waals surface area contributed by atoms with Crippen LogP contribution in [-0.4, -0.2) is 16.5 Å². The molecule has 0 fully saturated rings. The summed E-state index contributed by atoms with van der Waals surface area (Å²) in [6.45, 7) is 2.12. The number of pyridine rings is 1. The van der Waals surface area contributed by atoms with Gasteiger partial charge in [-0.05, 0) is 67.8 Å². The molecule has 0 radical (unpaired) electrons. The number of amides is 1. The molecule has 1 amide bonds. The number of hydrogen-bond donors (Lipinski definition) is 0. The fourth-order valence-electron chi connectivity index (χ4n) is 4.56. The lowest BCUT2D eigenvalue weighted by Crippen LogP contribution is -2.44. The molecule has 4 nitrogen and oxygen atoms in total. The largest absolute Gasteiger partial charge is 0.331 e. The number of rotatable bonds is 2. The summed E-state index contributed by atoms with van der Waals surface area (Å²) < 4.78 is 15.6. The molecule has 2 heterocycles. The number of nitrogens with zero attached hydrogens (tertiary/aromatic N) is 2. The molecule has 5 rings (SSSR count). The van der Waals surface area contributed by atoms with Crippen molar-refractivity contribution in [2.75, 3.05) is 4.90 Å². The summed E-state index contributed by atoms with van der Waals surface area (Å²) in [5.74, 6) is -0.359. The molecule has 1 aliphatic rings. The average Bonchev–Trinajstić information content (AvgIpc) is 2.76. The molecule has 1 aromatic heterocycles. The first-order valence-corrected chi connectivity index (χ1v) is 10.2. The van der Waals surface area contributed by atoms with Crippen molar-refractivity contribution >= 4 is 33.4 Å². The van der Waals surface area contributed by atoms with Gasteiger partial charge in [0.25, 0.3) is 0 Å². The Kier molecular flexibility index (Phi) is 4.39. The van der Waals surface area contributed by atoms with Crippen molar-refractivity contribution in [2.24, 2.45) is 0 Å². The maximum absolute atomic E-state index is 13.7. The maximum Gasteiger partial charge on any atom is 0.247 e. The summed E-state index contributed by atoms with van der Waals surface area (Å²) in [4.78, 5) is 28.2. The molecule has 1 atom stereocenters. The summed E-state index contributed by atoms with van der Waals surface area (Å²) in [5.41, 5.74) is 3.07. The molecule has 0 spiro atoms. The zero-order valence-corrected chi connectivity index (χ0v) is 16.6. The molecule has 150 valence electrons. The summed E-state index contributed by atoms with van der Waals surface area (Å²) in [6.07, 6.45) is 1.54. The van der Waals surface area contributed by atoms with Crippen molar-refractivity contribution in [1.82, 2.24) is 4.57 Å². The summed E-state index contributed by atoms with van der Waals surface area (Å²) in [6, 6.07) is 19.4. The predicted octanol–water partition coefficient (Wildman–Crippen LogP) is 4.66. The Morgan fingerprint density at radius 3 is 2.30 bits per heavy atom. The van der Waals surface area contributed by atoms with Crippen molar-refractivity contribution in [1.29, 1.82) is 0 Å². The van der Waals surface area contributed by atoms with Gasteiger partial charge in [0.2, 0.25) is 5.91 Å². The number of aryl methyl sites for hydroxylation is 1. The van der Waals surface area contributed by atoms with E-state index in [2.05, 4.69) is 0 Å². The minimum absolute atomic E-state index is 0.0207. The van der Waals surface area contributed by atoms with Gasteiger partial charge in [-0.25, -0.2) is 4.39 Å². The van der Waals surface area contributed by atoms with E-state index in [0.717, 1.165) is 35.1 Å². The third-order valence-electron chi connectivity index (χ3n) is 6.01. The molecule has 30 heavy (non-hydrogen) atoms. The number of anilines is 1. The molecule has 0 N–H and O–H groups in total. The van der Waals surface area contributed by atoms with E-state index in [4.69, 9.17) is 0 Å². The number of fused-ring (bicyclic) bond motifs is 3. The van der Waals surface area contributed by atoms with Crippen molar-refractivity contribution in [3.63, 3.8) is 0 Å². The maximum atomic E-state index is 13.7. The van der Waals surface area contributed by atoms with Gasteiger partial charge in [0, 0.05) is 22.5 Å². The van der Waals surface area contributed by atoms with E-state index in [0.29, 0.717) is 10.8 Å². The van der Waals surface area contributed by atoms with Crippen LogP contribution in [-0.2, 0) is 17.8 Å². The molecular weight excluding hydrogens is 379 g/mol. The van der Waals surface area contributed by atoms with Gasteiger partial charge in [0.15, 0.2) is 5.43 Å². The summed E-state index contributed by atoms with van der Waals surface area (Å²) in [5, 5.41) is 1.19. The molecule has 0 saturated carbocycles. The molecule has 5 heteroatoms. The fourth-order valence-corrected chi connectivity index (χ4v) is 4.56. The quantitative estimate of drug-likeness (QED) is 0.459. The number of aromatic nitrogens is 1. The third kappa shape index (κ3) is 2.89. The second-order valence-corrected chi connectivity index (χ2v) is 7.87. The Hall–Kier alpha value is -3.47. The Labute approximate surface area is 173 Å². The van der Waals surface area contributed by atoms with E-state index in [1.807, 2.05) is 47.9 Å². The third-order valence-corrected chi connectivity index (χ3v) is 6.01. The van der Waals surface area contributed by atoms with Gasteiger partial charge in [0.1, 0.15) is 12.4 Å². The van der Waals surface area contributed by atoms with Crippen LogP contribution in [0.25, 0.3) is 21.8 Å². The second-order valence-electron chi connectivity index (χ2n) is 7.87. The number of carbonyl (C=O) groups excluding carboxylic acids is 1. The van der Waals surface area contributed by atoms with Gasteiger partial charge in [-0.3, -0.25) is 9.59 Å². The van der Waals surface area contributed by atoms with Gasteiger partial charge in [-0.2, -0.15) is 0 Å². The monoisotopic (exact) mass is 400 g/mol. The van der Waals surface area contributed by atoms with Gasteiger partial charge in [-0.1, -0.05) is 24.3 Å². The predicted molar refractivity (Wildman–Crippen MR) is 117 cm³/mol. The van der Waals surface area contributed by atoms with Crippen molar-refractivity contribution in [3.8, 4) is 0 Å². The van der Waals surface area contributed by atoms with E-state index in [-0.39, 0.29) is 29.7 Å². The number of carbonyl (C=O) groups is 1. The van der Waals surface area contributed by atoms with E-state index >= 15 is 0 Å². The van der Waals surface area contributed by atoms with E-state index in [1.54, 1.807) is 23.1 Å². The fraction of sp³-hybridized carbons (Fsp3) is 0.200. The molecule has 0 aliphatic carbocycles. The SMILES string of the molecule is CC1CCc2cc(F)ccc2N1C(=O)Cn1c2ccccc2c(=O)c2ccccc21. The smallest absolute Gasteiger partial charge is 0.247 e. The molecule has 3 aromatic carbocycles. The Bertz CT molecular complexity index is 1300. The van der Waals surface area contributed by atoms with Gasteiger partial charge in [-0.15, -0.1) is 0 Å². The minimum atomic E-state index is -0.284. The standard InChI is InChI=1S/C25H21FN2O2/c1-16-10-11-17-14-18(26)12-13-21(17)28(16)24(29)15-27-22-8-4-2-6-19(22)25(30)20-7-3-5-9-23(20)27/h2-9,12-14,16H,10-11,15H2,1H3. The lowest BCUT2D eigenvalue weighted by Gasteiger charge is -2.35. The van der Waals surface area contributed by atoms with Crippen LogP contribution in [0.4, 0.5) is 10.1 Å². The van der Waals surface area contributed by atoms with Gasteiger partial charge < -0.3 is 9.47 Å². The lowest BCUT2D eigenvalue weighted by molar-refractivity contribution is -0.119. The summed E-state index contributed by atoms with van der Waals surface area (Å²) in [7, 11) is 0. The Morgan fingerprint density at radius 1 is 1.00 bits per heavy atom. The normalized spacial score (nSPS) is 16.1. The van der Waals surface area contributed by atoms with Crippen LogP contribution < -0.4 is 10.3 Å². The van der Waals surface area contributed by atoms with Gasteiger partial charge in [0.05, 0.1) is 11.0 Å². The van der Waals surface area contributed by atoms with Crippen LogP contribution in [0.15, 0.2) is 71.5 Å². The number of benzene rings is 3. The second kappa shape index (κ2) is 7.10. The highest BCUT2D eigenvalue weighted by Gasteiger charge is 2.29. The molecule has 1 unspecified atom stereocenters. The molecule has 0 saturated heterocycles. The highest BCUT2D eigenvalue weighted by Crippen LogP contribution is 2.32. The first-order valence-electron chi connectivity index (χ1n) is 10.2. The van der Waals surface area contributed by atoms with Crippen LogP contribution in [0.2, 0.25) is 0 Å². The molecule has 4 aromatic rings. The lowest BCUT2D eigenvalue weighted by atomic mass is 9.96. The van der Waals surface area contributed by atoms with Crippen LogP contribution in [0.3, 0.4) is 0 Å². The molecule has 1 aliphatic heterocycles. The van der Waals surface area contributed by atoms with Crippen LogP contribution in [0, 0.1) is 5.82 Å². The number of hydrogen-bond acceptors (Lipinski definition) is 2. The summed E-state index contributed by atoms with van der Waals surface area (Å²) >= 11 is 0. The first kappa shape index (κ1) is 18.6. The first-order chi connectivity index (χ1) is 14.5. The van der Waals surface area contributed by atoms with E-state index in [1.165, 1.54) is 12.1 Å².